The van der Waals surface area contributed by atoms with Crippen LogP contribution >= 0.6 is 0 Å². The van der Waals surface area contributed by atoms with E-state index in [1.54, 1.807) is 0 Å². The largest absolute Gasteiger partial charge is 0.392 e. The summed E-state index contributed by atoms with van der Waals surface area (Å²) in [6.07, 6.45) is 1.80. The summed E-state index contributed by atoms with van der Waals surface area (Å²) in [7, 11) is 0. The Hall–Kier alpha value is -0.930. The number of nitrogens with one attached hydrogen (secondary N) is 1. The van der Waals surface area contributed by atoms with Crippen molar-refractivity contribution in [2.24, 2.45) is 5.92 Å². The van der Waals surface area contributed by atoms with Gasteiger partial charge in [-0.25, -0.2) is 0 Å². The highest BCUT2D eigenvalue weighted by Crippen LogP contribution is 2.12. The van der Waals surface area contributed by atoms with E-state index in [1.165, 1.54) is 0 Å². The van der Waals surface area contributed by atoms with Gasteiger partial charge >= 0.3 is 0 Å². The van der Waals surface area contributed by atoms with Gasteiger partial charge in [0.25, 0.3) is 0 Å². The van der Waals surface area contributed by atoms with E-state index < -0.39 is 0 Å². The molecule has 0 spiro atoms. The summed E-state index contributed by atoms with van der Waals surface area (Å²) in [6.45, 7) is 7.60. The molecule has 3 heteroatoms. The van der Waals surface area contributed by atoms with E-state index in [-0.39, 0.29) is 6.10 Å². The van der Waals surface area contributed by atoms with E-state index in [4.69, 9.17) is 0 Å². The van der Waals surface area contributed by atoms with Crippen LogP contribution in [0.1, 0.15) is 38.1 Å². The van der Waals surface area contributed by atoms with Crippen molar-refractivity contribution in [3.63, 3.8) is 0 Å². The Bertz CT molecular complexity index is 324. The first-order valence-corrected chi connectivity index (χ1v) is 6.48. The molecule has 0 aliphatic carbocycles. The van der Waals surface area contributed by atoms with Crippen LogP contribution in [0.5, 0.6) is 0 Å². The number of aliphatic hydroxyl groups is 1. The molecule has 0 aliphatic heterocycles. The average Bonchev–Trinajstić information content (AvgIpc) is 2.30. The summed E-state index contributed by atoms with van der Waals surface area (Å²) in [5.74, 6) is 0.396. The molecule has 0 radical (unpaired) electrons. The van der Waals surface area contributed by atoms with Gasteiger partial charge in [-0.15, -0.1) is 0 Å². The van der Waals surface area contributed by atoms with E-state index in [0.717, 1.165) is 30.8 Å². The highest BCUT2D eigenvalue weighted by molar-refractivity contribution is 5.09. The predicted molar refractivity (Wildman–Crippen MR) is 70.8 cm³/mol. The molecule has 1 heterocycles. The summed E-state index contributed by atoms with van der Waals surface area (Å²) in [6, 6.07) is 6.00. The topological polar surface area (TPSA) is 45.1 Å². The van der Waals surface area contributed by atoms with Crippen molar-refractivity contribution in [2.75, 3.05) is 6.54 Å². The third-order valence-electron chi connectivity index (χ3n) is 3.20. The SMILES string of the molecule is CCC(CC)C(O)CNCc1cccc(C)n1. The first-order valence-electron chi connectivity index (χ1n) is 6.48. The molecular weight excluding hydrogens is 212 g/mol. The van der Waals surface area contributed by atoms with Gasteiger partial charge in [-0.05, 0) is 25.0 Å². The Kier molecular flexibility index (Phi) is 6.16. The van der Waals surface area contributed by atoms with Crippen molar-refractivity contribution in [2.45, 2.75) is 46.3 Å². The quantitative estimate of drug-likeness (QED) is 0.763. The van der Waals surface area contributed by atoms with Crippen molar-refractivity contribution in [1.29, 1.82) is 0 Å². The molecule has 0 aromatic carbocycles. The van der Waals surface area contributed by atoms with E-state index >= 15 is 0 Å². The second kappa shape index (κ2) is 7.41. The van der Waals surface area contributed by atoms with E-state index in [0.29, 0.717) is 12.5 Å². The lowest BCUT2D eigenvalue weighted by molar-refractivity contribution is 0.101. The molecule has 0 fully saturated rings. The number of aliphatic hydroxyl groups excluding tert-OH is 1. The molecule has 0 aliphatic rings. The van der Waals surface area contributed by atoms with Crippen molar-refractivity contribution >= 4 is 0 Å². The van der Waals surface area contributed by atoms with Gasteiger partial charge in [0.05, 0.1) is 11.8 Å². The van der Waals surface area contributed by atoms with Gasteiger partial charge in [-0.1, -0.05) is 32.8 Å². The molecule has 1 unspecified atom stereocenters. The zero-order valence-corrected chi connectivity index (χ0v) is 11.1. The van der Waals surface area contributed by atoms with E-state index in [9.17, 15) is 5.11 Å². The monoisotopic (exact) mass is 236 g/mol. The van der Waals surface area contributed by atoms with Crippen LogP contribution in [0.15, 0.2) is 18.2 Å². The third-order valence-corrected chi connectivity index (χ3v) is 3.20. The third kappa shape index (κ3) is 4.84. The maximum absolute atomic E-state index is 9.96. The van der Waals surface area contributed by atoms with Gasteiger partial charge in [-0.2, -0.15) is 0 Å². The van der Waals surface area contributed by atoms with Gasteiger partial charge in [0.2, 0.25) is 0 Å². The highest BCUT2D eigenvalue weighted by Gasteiger charge is 2.14. The van der Waals surface area contributed by atoms with Crippen LogP contribution in [-0.4, -0.2) is 22.7 Å². The Morgan fingerprint density at radius 2 is 2.00 bits per heavy atom. The lowest BCUT2D eigenvalue weighted by atomic mass is 9.96. The number of rotatable bonds is 7. The first kappa shape index (κ1) is 14.1. The maximum Gasteiger partial charge on any atom is 0.0692 e. The molecule has 0 amide bonds. The van der Waals surface area contributed by atoms with Crippen LogP contribution in [-0.2, 0) is 6.54 Å². The van der Waals surface area contributed by atoms with Gasteiger partial charge in [0.1, 0.15) is 0 Å². The fraction of sp³-hybridized carbons (Fsp3) is 0.643. The molecule has 3 nitrogen and oxygen atoms in total. The number of pyridine rings is 1. The fourth-order valence-electron chi connectivity index (χ4n) is 2.05. The van der Waals surface area contributed by atoms with Crippen LogP contribution in [0.3, 0.4) is 0 Å². The van der Waals surface area contributed by atoms with Gasteiger partial charge < -0.3 is 10.4 Å². The van der Waals surface area contributed by atoms with E-state index in [2.05, 4.69) is 24.1 Å². The minimum Gasteiger partial charge on any atom is -0.392 e. The molecule has 1 rings (SSSR count). The highest BCUT2D eigenvalue weighted by atomic mass is 16.3. The lowest BCUT2D eigenvalue weighted by Crippen LogP contribution is -2.32. The summed E-state index contributed by atoms with van der Waals surface area (Å²) < 4.78 is 0. The number of aromatic nitrogens is 1. The number of hydrogen-bond acceptors (Lipinski definition) is 3. The van der Waals surface area contributed by atoms with Crippen LogP contribution in [0, 0.1) is 12.8 Å². The predicted octanol–water partition coefficient (Wildman–Crippen LogP) is 2.28. The van der Waals surface area contributed by atoms with Crippen LogP contribution in [0.2, 0.25) is 0 Å². The molecule has 17 heavy (non-hydrogen) atoms. The molecule has 0 saturated carbocycles. The molecule has 0 saturated heterocycles. The standard InChI is InChI=1S/C14H24N2O/c1-4-12(5-2)14(17)10-15-9-13-8-6-7-11(3)16-13/h6-8,12,14-15,17H,4-5,9-10H2,1-3H3. The second-order valence-electron chi connectivity index (χ2n) is 4.55. The van der Waals surface area contributed by atoms with Gasteiger partial charge in [-0.3, -0.25) is 4.98 Å². The zero-order valence-electron chi connectivity index (χ0n) is 11.1. The smallest absolute Gasteiger partial charge is 0.0692 e. The Morgan fingerprint density at radius 1 is 1.29 bits per heavy atom. The molecule has 1 atom stereocenters. The first-order chi connectivity index (χ1) is 8.17. The van der Waals surface area contributed by atoms with Crippen molar-refractivity contribution in [3.05, 3.63) is 29.6 Å². The van der Waals surface area contributed by atoms with Crippen molar-refractivity contribution in [1.82, 2.24) is 10.3 Å². The molecular formula is C14H24N2O. The molecule has 1 aromatic heterocycles. The molecule has 96 valence electrons. The van der Waals surface area contributed by atoms with Crippen LogP contribution in [0.25, 0.3) is 0 Å². The second-order valence-corrected chi connectivity index (χ2v) is 4.55. The fourth-order valence-corrected chi connectivity index (χ4v) is 2.05. The van der Waals surface area contributed by atoms with Crippen LogP contribution in [0.4, 0.5) is 0 Å². The summed E-state index contributed by atoms with van der Waals surface area (Å²) >= 11 is 0. The lowest BCUT2D eigenvalue weighted by Gasteiger charge is -2.20. The normalized spacial score (nSPS) is 13.0. The van der Waals surface area contributed by atoms with Gasteiger partial charge in [0.15, 0.2) is 0 Å². The molecule has 1 aromatic rings. The minimum absolute atomic E-state index is 0.255. The average molecular weight is 236 g/mol. The Balaban J connectivity index is 2.32. The Morgan fingerprint density at radius 3 is 2.59 bits per heavy atom. The zero-order chi connectivity index (χ0) is 12.7. The number of aryl methyl sites for hydroxylation is 1. The number of nitrogens with zero attached hydrogens (tertiary/aromatic N) is 1. The van der Waals surface area contributed by atoms with Crippen molar-refractivity contribution < 1.29 is 5.11 Å². The summed E-state index contributed by atoms with van der Waals surface area (Å²) in [5.41, 5.74) is 2.06. The summed E-state index contributed by atoms with van der Waals surface area (Å²) in [5, 5.41) is 13.2. The number of hydrogen-bond donors (Lipinski definition) is 2. The van der Waals surface area contributed by atoms with Crippen molar-refractivity contribution in [3.8, 4) is 0 Å². The van der Waals surface area contributed by atoms with Gasteiger partial charge in [0, 0.05) is 18.8 Å². The molecule has 0 bridgehead atoms. The minimum atomic E-state index is -0.255. The maximum atomic E-state index is 9.96. The Labute approximate surface area is 104 Å². The van der Waals surface area contributed by atoms with E-state index in [1.807, 2.05) is 25.1 Å². The molecule has 2 N–H and O–H groups in total. The summed E-state index contributed by atoms with van der Waals surface area (Å²) in [4.78, 5) is 4.41. The van der Waals surface area contributed by atoms with Crippen LogP contribution < -0.4 is 5.32 Å².